The average Bonchev–Trinajstić information content (AvgIpc) is 2.08. The normalized spacial score (nSPS) is 20.1. The van der Waals surface area contributed by atoms with E-state index in [0.29, 0.717) is 18.5 Å². The predicted molar refractivity (Wildman–Crippen MR) is 29.7 cm³/mol. The highest BCUT2D eigenvalue weighted by Gasteiger charge is 2.35. The molecule has 0 spiro atoms. The van der Waals surface area contributed by atoms with Crippen molar-refractivity contribution in [1.29, 1.82) is 0 Å². The molecule has 1 aliphatic rings. The van der Waals surface area contributed by atoms with Crippen LogP contribution in [-0.2, 0) is 0 Å². The lowest BCUT2D eigenvalue weighted by Crippen LogP contribution is -2.07. The number of hydrogen-bond donors (Lipinski definition) is 1. The fourth-order valence-electron chi connectivity index (χ4n) is 0.469. The monoisotopic (exact) mass is 155 g/mol. The standard InChI is InChI=1S/C4H4F3NS/c5-4(6,7)3-1-2-8-9-3/h1,8H,2H2. The topological polar surface area (TPSA) is 12.0 Å². The number of allylic oxidation sites excluding steroid dienone is 1. The summed E-state index contributed by atoms with van der Waals surface area (Å²) in [7, 11) is 0. The fraction of sp³-hybridized carbons (Fsp3) is 0.500. The van der Waals surface area contributed by atoms with Gasteiger partial charge in [0, 0.05) is 6.54 Å². The van der Waals surface area contributed by atoms with Crippen LogP contribution in [-0.4, -0.2) is 12.7 Å². The average molecular weight is 155 g/mol. The van der Waals surface area contributed by atoms with Gasteiger partial charge in [-0.15, -0.1) is 0 Å². The van der Waals surface area contributed by atoms with E-state index in [1.54, 1.807) is 0 Å². The molecule has 1 nitrogen and oxygen atoms in total. The van der Waals surface area contributed by atoms with Crippen LogP contribution in [0.2, 0.25) is 0 Å². The maximum atomic E-state index is 11.6. The zero-order chi connectivity index (χ0) is 6.91. The third-order valence-electron chi connectivity index (χ3n) is 0.832. The molecule has 0 aliphatic carbocycles. The molecule has 0 atom stereocenters. The van der Waals surface area contributed by atoms with E-state index in [9.17, 15) is 13.2 Å². The molecule has 0 aromatic carbocycles. The maximum absolute atomic E-state index is 11.6. The number of nitrogens with one attached hydrogen (secondary N) is 1. The number of hydrogen-bond acceptors (Lipinski definition) is 2. The molecule has 0 unspecified atom stereocenters. The van der Waals surface area contributed by atoms with E-state index >= 15 is 0 Å². The van der Waals surface area contributed by atoms with Crippen molar-refractivity contribution in [2.45, 2.75) is 6.18 Å². The van der Waals surface area contributed by atoms with Gasteiger partial charge in [-0.25, -0.2) is 0 Å². The molecule has 0 fully saturated rings. The minimum Gasteiger partial charge on any atom is -0.256 e. The van der Waals surface area contributed by atoms with Gasteiger partial charge in [0.05, 0.1) is 0 Å². The number of alkyl halides is 3. The smallest absolute Gasteiger partial charge is 0.256 e. The second kappa shape index (κ2) is 2.22. The third kappa shape index (κ3) is 1.62. The Balaban J connectivity index is 2.61. The van der Waals surface area contributed by atoms with Crippen molar-refractivity contribution in [2.75, 3.05) is 6.54 Å². The van der Waals surface area contributed by atoms with Crippen molar-refractivity contribution in [3.63, 3.8) is 0 Å². The van der Waals surface area contributed by atoms with Gasteiger partial charge >= 0.3 is 6.18 Å². The Hall–Kier alpha value is -0.160. The van der Waals surface area contributed by atoms with Gasteiger partial charge in [0.15, 0.2) is 0 Å². The summed E-state index contributed by atoms with van der Waals surface area (Å²) in [5, 5.41) is 0. The Kier molecular flexibility index (Phi) is 1.72. The summed E-state index contributed by atoms with van der Waals surface area (Å²) in [4.78, 5) is -0.539. The Morgan fingerprint density at radius 1 is 1.56 bits per heavy atom. The Bertz CT molecular complexity index is 139. The van der Waals surface area contributed by atoms with Crippen molar-refractivity contribution in [1.82, 2.24) is 4.72 Å². The first-order chi connectivity index (χ1) is 4.11. The summed E-state index contributed by atoms with van der Waals surface area (Å²) in [6.45, 7) is 0.305. The highest BCUT2D eigenvalue weighted by atomic mass is 32.2. The molecule has 1 N–H and O–H groups in total. The van der Waals surface area contributed by atoms with Gasteiger partial charge in [0.2, 0.25) is 0 Å². The minimum atomic E-state index is -4.16. The quantitative estimate of drug-likeness (QED) is 0.534. The van der Waals surface area contributed by atoms with E-state index in [1.807, 2.05) is 0 Å². The first-order valence-corrected chi connectivity index (χ1v) is 3.09. The summed E-state index contributed by atoms with van der Waals surface area (Å²) in [5.74, 6) is 0. The Morgan fingerprint density at radius 3 is 2.44 bits per heavy atom. The Morgan fingerprint density at radius 2 is 2.22 bits per heavy atom. The molecule has 9 heavy (non-hydrogen) atoms. The first kappa shape index (κ1) is 6.95. The molecule has 0 aromatic rings. The summed E-state index contributed by atoms with van der Waals surface area (Å²) < 4.78 is 37.4. The molecular weight excluding hydrogens is 151 g/mol. The zero-order valence-electron chi connectivity index (χ0n) is 4.33. The molecule has 1 aliphatic heterocycles. The van der Waals surface area contributed by atoms with Gasteiger partial charge in [-0.05, 0) is 18.0 Å². The SMILES string of the molecule is FC(F)(F)C1=CCNS1. The lowest BCUT2D eigenvalue weighted by atomic mass is 10.5. The van der Waals surface area contributed by atoms with E-state index in [0.717, 1.165) is 6.08 Å². The van der Waals surface area contributed by atoms with Gasteiger partial charge in [-0.2, -0.15) is 13.2 Å². The van der Waals surface area contributed by atoms with Crippen molar-refractivity contribution in [2.24, 2.45) is 0 Å². The first-order valence-electron chi connectivity index (χ1n) is 2.28. The van der Waals surface area contributed by atoms with Crippen molar-refractivity contribution in [3.8, 4) is 0 Å². The minimum absolute atomic E-state index is 0.305. The summed E-state index contributed by atoms with van der Waals surface area (Å²) >= 11 is 0.635. The largest absolute Gasteiger partial charge is 0.423 e. The molecule has 1 heterocycles. The molecule has 52 valence electrons. The molecule has 0 bridgehead atoms. The van der Waals surface area contributed by atoms with Crippen molar-refractivity contribution >= 4 is 11.9 Å². The van der Waals surface area contributed by atoms with E-state index in [-0.39, 0.29) is 0 Å². The zero-order valence-corrected chi connectivity index (χ0v) is 5.14. The van der Waals surface area contributed by atoms with Crippen LogP contribution >= 0.6 is 11.9 Å². The molecule has 1 rings (SSSR count). The van der Waals surface area contributed by atoms with E-state index in [1.165, 1.54) is 0 Å². The van der Waals surface area contributed by atoms with Gasteiger partial charge in [0.1, 0.15) is 4.91 Å². The van der Waals surface area contributed by atoms with Crippen LogP contribution in [0.25, 0.3) is 0 Å². The van der Waals surface area contributed by atoms with E-state index in [4.69, 9.17) is 0 Å². The summed E-state index contributed by atoms with van der Waals surface area (Å²) in [5.41, 5.74) is 0. The lowest BCUT2D eigenvalue weighted by molar-refractivity contribution is -0.0835. The van der Waals surface area contributed by atoms with Crippen molar-refractivity contribution in [3.05, 3.63) is 11.0 Å². The molecule has 0 saturated carbocycles. The molecule has 5 heteroatoms. The molecule has 0 radical (unpaired) electrons. The van der Waals surface area contributed by atoms with E-state index in [2.05, 4.69) is 4.72 Å². The van der Waals surface area contributed by atoms with Crippen molar-refractivity contribution < 1.29 is 13.2 Å². The number of halogens is 3. The third-order valence-corrected chi connectivity index (χ3v) is 1.76. The van der Waals surface area contributed by atoms with Gasteiger partial charge in [-0.3, -0.25) is 4.72 Å². The molecule has 0 aromatic heterocycles. The van der Waals surface area contributed by atoms with Crippen LogP contribution in [0.1, 0.15) is 0 Å². The highest BCUT2D eigenvalue weighted by Crippen LogP contribution is 2.34. The fourth-order valence-corrected chi connectivity index (χ4v) is 1.07. The van der Waals surface area contributed by atoms with Gasteiger partial charge in [-0.1, -0.05) is 0 Å². The summed E-state index contributed by atoms with van der Waals surface area (Å²) in [6.07, 6.45) is -3.03. The Labute approximate surface area is 54.4 Å². The molecular formula is C4H4F3NS. The van der Waals surface area contributed by atoms with Crippen LogP contribution in [0.5, 0.6) is 0 Å². The summed E-state index contributed by atoms with van der Waals surface area (Å²) in [6, 6.07) is 0. The van der Waals surface area contributed by atoms with Crippen LogP contribution < -0.4 is 4.72 Å². The predicted octanol–water partition coefficient (Wildman–Crippen LogP) is 1.68. The molecule has 0 amide bonds. The van der Waals surface area contributed by atoms with Crippen LogP contribution in [0.3, 0.4) is 0 Å². The highest BCUT2D eigenvalue weighted by molar-refractivity contribution is 8.01. The molecule has 0 saturated heterocycles. The van der Waals surface area contributed by atoms with Gasteiger partial charge < -0.3 is 0 Å². The second-order valence-electron chi connectivity index (χ2n) is 1.52. The second-order valence-corrected chi connectivity index (χ2v) is 2.45. The lowest BCUT2D eigenvalue weighted by Gasteiger charge is -2.03. The van der Waals surface area contributed by atoms with E-state index < -0.39 is 11.1 Å². The van der Waals surface area contributed by atoms with Crippen LogP contribution in [0, 0.1) is 0 Å². The maximum Gasteiger partial charge on any atom is 0.423 e. The van der Waals surface area contributed by atoms with Crippen LogP contribution in [0.15, 0.2) is 11.0 Å². The van der Waals surface area contributed by atoms with Crippen LogP contribution in [0.4, 0.5) is 13.2 Å². The number of rotatable bonds is 0. The van der Waals surface area contributed by atoms with Gasteiger partial charge in [0.25, 0.3) is 0 Å².